The smallest absolute Gasteiger partial charge is 0.0951 e. The van der Waals surface area contributed by atoms with Gasteiger partial charge in [0.2, 0.25) is 0 Å². The second kappa shape index (κ2) is 5.00. The van der Waals surface area contributed by atoms with Gasteiger partial charge in [0.15, 0.2) is 0 Å². The van der Waals surface area contributed by atoms with Gasteiger partial charge in [-0.2, -0.15) is 0 Å². The first kappa shape index (κ1) is 13.2. The molecule has 0 saturated heterocycles. The van der Waals surface area contributed by atoms with Crippen LogP contribution in [-0.2, 0) is 6.54 Å². The molecule has 0 saturated carbocycles. The van der Waals surface area contributed by atoms with Crippen molar-refractivity contribution in [1.29, 1.82) is 0 Å². The number of hydrogen-bond donors (Lipinski definition) is 1. The fourth-order valence-electron chi connectivity index (χ4n) is 1.82. The third-order valence-electron chi connectivity index (χ3n) is 3.22. The zero-order valence-electron chi connectivity index (χ0n) is 11.5. The number of nitrogens with one attached hydrogen (secondary N) is 1. The molecule has 1 N–H and O–H groups in total. The van der Waals surface area contributed by atoms with Crippen molar-refractivity contribution in [3.63, 3.8) is 0 Å². The fourth-order valence-corrected chi connectivity index (χ4v) is 1.82. The lowest BCUT2D eigenvalue weighted by Gasteiger charge is -2.32. The quantitative estimate of drug-likeness (QED) is 0.850. The van der Waals surface area contributed by atoms with Gasteiger partial charge in [0.05, 0.1) is 12.0 Å². The molecular formula is C13H25N3. The minimum atomic E-state index is 0.265. The van der Waals surface area contributed by atoms with Crippen LogP contribution in [-0.4, -0.2) is 22.1 Å². The first-order valence-electron chi connectivity index (χ1n) is 6.08. The highest BCUT2D eigenvalue weighted by molar-refractivity contribution is 5.08. The lowest BCUT2D eigenvalue weighted by atomic mass is 9.86. The number of rotatable bonds is 4. The summed E-state index contributed by atoms with van der Waals surface area (Å²) in [7, 11) is 0. The average molecular weight is 223 g/mol. The molecule has 0 aliphatic rings. The highest BCUT2D eigenvalue weighted by Gasteiger charge is 2.24. The predicted molar refractivity (Wildman–Crippen MR) is 68.6 cm³/mol. The Morgan fingerprint density at radius 2 is 2.00 bits per heavy atom. The molecule has 0 aliphatic heterocycles. The summed E-state index contributed by atoms with van der Waals surface area (Å²) >= 11 is 0. The van der Waals surface area contributed by atoms with Crippen LogP contribution in [0.2, 0.25) is 0 Å². The molecule has 0 fully saturated rings. The van der Waals surface area contributed by atoms with E-state index in [0.29, 0.717) is 6.04 Å². The van der Waals surface area contributed by atoms with E-state index in [2.05, 4.69) is 56.4 Å². The van der Waals surface area contributed by atoms with E-state index in [1.165, 1.54) is 5.69 Å². The zero-order valence-corrected chi connectivity index (χ0v) is 11.5. The van der Waals surface area contributed by atoms with Crippen molar-refractivity contribution in [3.8, 4) is 0 Å². The summed E-state index contributed by atoms with van der Waals surface area (Å²) in [5.41, 5.74) is 2.66. The molecule has 1 atom stereocenters. The van der Waals surface area contributed by atoms with Crippen molar-refractivity contribution in [2.75, 3.05) is 6.54 Å². The number of imidazole rings is 1. The molecule has 1 rings (SSSR count). The summed E-state index contributed by atoms with van der Waals surface area (Å²) in [6.07, 6.45) is 1.95. The molecule has 0 aromatic carbocycles. The predicted octanol–water partition coefficient (Wildman–Crippen LogP) is 2.52. The van der Waals surface area contributed by atoms with E-state index in [-0.39, 0.29) is 5.41 Å². The number of nitrogens with zero attached hydrogens (tertiary/aromatic N) is 2. The normalized spacial score (nSPS) is 14.1. The molecule has 92 valence electrons. The van der Waals surface area contributed by atoms with Gasteiger partial charge in [-0.1, -0.05) is 27.7 Å². The molecule has 1 aromatic rings. The maximum atomic E-state index is 4.35. The molecule has 0 radical (unpaired) electrons. The minimum absolute atomic E-state index is 0.265. The summed E-state index contributed by atoms with van der Waals surface area (Å²) in [5, 5.41) is 3.56. The Labute approximate surface area is 99.3 Å². The van der Waals surface area contributed by atoms with E-state index < -0.39 is 0 Å². The Balaban J connectivity index is 2.80. The Bertz CT molecular complexity index is 333. The van der Waals surface area contributed by atoms with E-state index in [1.54, 1.807) is 0 Å². The highest BCUT2D eigenvalue weighted by atomic mass is 15.1. The van der Waals surface area contributed by atoms with E-state index >= 15 is 0 Å². The van der Waals surface area contributed by atoms with Crippen LogP contribution in [0.15, 0.2) is 6.33 Å². The Kier molecular flexibility index (Phi) is 4.14. The van der Waals surface area contributed by atoms with Crippen LogP contribution in [0.4, 0.5) is 0 Å². The third-order valence-corrected chi connectivity index (χ3v) is 3.22. The number of likely N-dealkylation sites (N-methyl/N-ethyl adjacent to an activating group) is 1. The minimum Gasteiger partial charge on any atom is -0.333 e. The van der Waals surface area contributed by atoms with Crippen molar-refractivity contribution in [3.05, 3.63) is 17.7 Å². The number of aromatic nitrogens is 2. The molecule has 0 bridgehead atoms. The fraction of sp³-hybridized carbons (Fsp3) is 0.769. The van der Waals surface area contributed by atoms with Crippen molar-refractivity contribution < 1.29 is 0 Å². The second-order valence-electron chi connectivity index (χ2n) is 5.54. The van der Waals surface area contributed by atoms with Gasteiger partial charge >= 0.3 is 0 Å². The first-order valence-corrected chi connectivity index (χ1v) is 6.08. The number of aryl methyl sites for hydroxylation is 1. The first-order chi connectivity index (χ1) is 7.36. The van der Waals surface area contributed by atoms with Gasteiger partial charge in [-0.15, -0.1) is 0 Å². The van der Waals surface area contributed by atoms with Crippen LogP contribution in [0.1, 0.15) is 39.1 Å². The number of hydrogen-bond acceptors (Lipinski definition) is 2. The summed E-state index contributed by atoms with van der Waals surface area (Å²) in [5.74, 6) is 0. The van der Waals surface area contributed by atoms with E-state index in [1.807, 2.05) is 6.33 Å². The van der Waals surface area contributed by atoms with Gasteiger partial charge in [-0.25, -0.2) is 4.98 Å². The molecule has 0 amide bonds. The maximum Gasteiger partial charge on any atom is 0.0951 e. The summed E-state index contributed by atoms with van der Waals surface area (Å²) in [4.78, 5) is 4.35. The highest BCUT2D eigenvalue weighted by Crippen LogP contribution is 2.21. The third kappa shape index (κ3) is 3.08. The van der Waals surface area contributed by atoms with E-state index in [0.717, 1.165) is 18.8 Å². The van der Waals surface area contributed by atoms with Crippen molar-refractivity contribution in [2.45, 2.75) is 54.1 Å². The summed E-state index contributed by atoms with van der Waals surface area (Å²) in [6, 6.07) is 0.477. The van der Waals surface area contributed by atoms with E-state index in [4.69, 9.17) is 0 Å². The van der Waals surface area contributed by atoms with Gasteiger partial charge in [0.1, 0.15) is 0 Å². The van der Waals surface area contributed by atoms with E-state index in [9.17, 15) is 0 Å². The van der Waals surface area contributed by atoms with Crippen molar-refractivity contribution in [1.82, 2.24) is 14.9 Å². The molecule has 3 nitrogen and oxygen atoms in total. The molecule has 1 unspecified atom stereocenters. The van der Waals surface area contributed by atoms with Crippen LogP contribution >= 0.6 is 0 Å². The van der Waals surface area contributed by atoms with Crippen LogP contribution < -0.4 is 5.32 Å². The van der Waals surface area contributed by atoms with Gasteiger partial charge in [-0.05, 0) is 25.8 Å². The molecule has 3 heteroatoms. The van der Waals surface area contributed by atoms with Gasteiger partial charge in [-0.3, -0.25) is 0 Å². The second-order valence-corrected chi connectivity index (χ2v) is 5.54. The Morgan fingerprint density at radius 1 is 1.38 bits per heavy atom. The Morgan fingerprint density at radius 3 is 2.38 bits per heavy atom. The van der Waals surface area contributed by atoms with Crippen molar-refractivity contribution in [2.24, 2.45) is 5.41 Å². The standard InChI is InChI=1S/C13H25N3/c1-7-14-12(13(4,5)6)8-16-9-15-10(2)11(16)3/h9,12,14H,7-8H2,1-6H3. The van der Waals surface area contributed by atoms with Gasteiger partial charge in [0.25, 0.3) is 0 Å². The van der Waals surface area contributed by atoms with Crippen LogP contribution in [0, 0.1) is 19.3 Å². The Hall–Kier alpha value is -0.830. The van der Waals surface area contributed by atoms with Gasteiger partial charge in [0, 0.05) is 18.3 Å². The summed E-state index contributed by atoms with van der Waals surface area (Å²) in [6.45, 7) is 15.2. The monoisotopic (exact) mass is 223 g/mol. The topological polar surface area (TPSA) is 29.9 Å². The molecule has 0 spiro atoms. The molecular weight excluding hydrogens is 198 g/mol. The SMILES string of the molecule is CCNC(Cn1cnc(C)c1C)C(C)(C)C. The lowest BCUT2D eigenvalue weighted by molar-refractivity contribution is 0.244. The molecule has 1 aromatic heterocycles. The molecule has 1 heterocycles. The van der Waals surface area contributed by atoms with Crippen LogP contribution in [0.3, 0.4) is 0 Å². The largest absolute Gasteiger partial charge is 0.333 e. The summed E-state index contributed by atoms with van der Waals surface area (Å²) < 4.78 is 2.24. The average Bonchev–Trinajstić information content (AvgIpc) is 2.47. The van der Waals surface area contributed by atoms with Gasteiger partial charge < -0.3 is 9.88 Å². The maximum absolute atomic E-state index is 4.35. The lowest BCUT2D eigenvalue weighted by Crippen LogP contribution is -2.43. The molecule has 16 heavy (non-hydrogen) atoms. The van der Waals surface area contributed by atoms with Crippen molar-refractivity contribution >= 4 is 0 Å². The van der Waals surface area contributed by atoms with Crippen LogP contribution in [0.25, 0.3) is 0 Å². The zero-order chi connectivity index (χ0) is 12.3. The molecule has 0 aliphatic carbocycles. The van der Waals surface area contributed by atoms with Crippen LogP contribution in [0.5, 0.6) is 0 Å².